The number of carbonyl (C=O) groups excluding carboxylic acids is 2. The lowest BCUT2D eigenvalue weighted by Crippen LogP contribution is -2.36. The van der Waals surface area contributed by atoms with Crippen LogP contribution in [0.25, 0.3) is 5.69 Å². The number of alkyl halides is 3. The number of aromatic nitrogens is 3. The van der Waals surface area contributed by atoms with Crippen LogP contribution in [-0.2, 0) is 35.2 Å². The number of methoxy groups -OCH3 is 1. The van der Waals surface area contributed by atoms with Crippen LogP contribution in [0.2, 0.25) is 0 Å². The maximum Gasteiger partial charge on any atom is 0.416 e. The Hall–Kier alpha value is -4.32. The lowest BCUT2D eigenvalue weighted by Gasteiger charge is -2.29. The Balaban J connectivity index is 1.35. The summed E-state index contributed by atoms with van der Waals surface area (Å²) in [5.41, 5.74) is 2.07. The van der Waals surface area contributed by atoms with Crippen molar-refractivity contribution in [1.29, 1.82) is 0 Å². The van der Waals surface area contributed by atoms with E-state index < -0.39 is 11.7 Å². The maximum atomic E-state index is 13.5. The highest BCUT2D eigenvalue weighted by Crippen LogP contribution is 2.32. The van der Waals surface area contributed by atoms with Gasteiger partial charge in [-0.3, -0.25) is 14.2 Å². The minimum atomic E-state index is -4.55. The quantitative estimate of drug-likeness (QED) is 0.267. The number of nitrogens with one attached hydrogen (secondary N) is 1. The van der Waals surface area contributed by atoms with E-state index >= 15 is 0 Å². The molecule has 8 nitrogen and oxygen atoms in total. The van der Waals surface area contributed by atoms with E-state index in [1.165, 1.54) is 16.7 Å². The van der Waals surface area contributed by atoms with E-state index in [2.05, 4.69) is 15.5 Å². The minimum absolute atomic E-state index is 0.00918. The first kappa shape index (κ1) is 29.2. The summed E-state index contributed by atoms with van der Waals surface area (Å²) in [6.45, 7) is 0.508. The molecule has 218 valence electrons. The first-order valence-corrected chi connectivity index (χ1v) is 14.2. The molecule has 0 aliphatic carbocycles. The average molecular weight is 596 g/mol. The van der Waals surface area contributed by atoms with Gasteiger partial charge in [0.2, 0.25) is 11.8 Å². The fraction of sp³-hybridized carbons (Fsp3) is 0.267. The summed E-state index contributed by atoms with van der Waals surface area (Å²) in [5.74, 6) is 0.471. The van der Waals surface area contributed by atoms with Crippen LogP contribution >= 0.6 is 11.8 Å². The number of nitrogens with zero attached hydrogens (tertiary/aromatic N) is 4. The Morgan fingerprint density at radius 1 is 1.02 bits per heavy atom. The lowest BCUT2D eigenvalue weighted by atomic mass is 10.0. The van der Waals surface area contributed by atoms with Gasteiger partial charge in [0.1, 0.15) is 5.75 Å². The van der Waals surface area contributed by atoms with E-state index in [-0.39, 0.29) is 47.2 Å². The van der Waals surface area contributed by atoms with E-state index in [0.29, 0.717) is 12.3 Å². The molecule has 12 heteroatoms. The van der Waals surface area contributed by atoms with Gasteiger partial charge in [-0.2, -0.15) is 13.2 Å². The largest absolute Gasteiger partial charge is 0.497 e. The standard InChI is InChI=1S/C30H28F3N5O3S/c1-41-24-13-11-20(12-14-24)16-27(39)34-18-26-35-36-29(38(26)23-9-4-8-22(17-23)30(31,32)33)42-19-28(40)37-15-5-7-21-6-2-3-10-25(21)37/h2-4,6,8-14,17H,5,7,15-16,18-19H2,1H3,(H,34,39). The predicted octanol–water partition coefficient (Wildman–Crippen LogP) is 5.23. The molecular weight excluding hydrogens is 567 g/mol. The monoisotopic (exact) mass is 595 g/mol. The van der Waals surface area contributed by atoms with Crippen molar-refractivity contribution in [2.45, 2.75) is 37.1 Å². The van der Waals surface area contributed by atoms with E-state index in [9.17, 15) is 22.8 Å². The summed E-state index contributed by atoms with van der Waals surface area (Å²) in [4.78, 5) is 27.6. The Kier molecular flexibility index (Phi) is 8.81. The van der Waals surface area contributed by atoms with Crippen molar-refractivity contribution in [3.05, 3.63) is 95.3 Å². The van der Waals surface area contributed by atoms with Gasteiger partial charge in [0.25, 0.3) is 0 Å². The first-order chi connectivity index (χ1) is 20.2. The van der Waals surface area contributed by atoms with Gasteiger partial charge in [-0.05, 0) is 60.4 Å². The average Bonchev–Trinajstić information content (AvgIpc) is 3.41. The van der Waals surface area contributed by atoms with Gasteiger partial charge in [-0.1, -0.05) is 48.2 Å². The molecule has 0 saturated heterocycles. The molecule has 1 aromatic heterocycles. The van der Waals surface area contributed by atoms with Crippen molar-refractivity contribution in [1.82, 2.24) is 20.1 Å². The molecule has 42 heavy (non-hydrogen) atoms. The van der Waals surface area contributed by atoms with E-state index in [1.807, 2.05) is 24.3 Å². The van der Waals surface area contributed by atoms with Crippen molar-refractivity contribution < 1.29 is 27.5 Å². The van der Waals surface area contributed by atoms with Crippen LogP contribution in [-0.4, -0.2) is 46.0 Å². The Morgan fingerprint density at radius 2 is 1.81 bits per heavy atom. The number of amides is 2. The summed E-state index contributed by atoms with van der Waals surface area (Å²) in [6, 6.07) is 19.6. The fourth-order valence-corrected chi connectivity index (χ4v) is 5.60. The number of fused-ring (bicyclic) bond motifs is 1. The van der Waals surface area contributed by atoms with Crippen molar-refractivity contribution in [2.24, 2.45) is 0 Å². The van der Waals surface area contributed by atoms with Gasteiger partial charge in [0, 0.05) is 12.2 Å². The third-order valence-corrected chi connectivity index (χ3v) is 7.75. The number of aryl methyl sites for hydroxylation is 1. The molecule has 0 fully saturated rings. The lowest BCUT2D eigenvalue weighted by molar-refractivity contribution is -0.137. The third kappa shape index (κ3) is 6.76. The Morgan fingerprint density at radius 3 is 2.57 bits per heavy atom. The van der Waals surface area contributed by atoms with E-state index in [0.717, 1.165) is 53.6 Å². The SMILES string of the molecule is COc1ccc(CC(=O)NCc2nnc(SCC(=O)N3CCCc4ccccc43)n2-c2cccc(C(F)(F)F)c2)cc1. The van der Waals surface area contributed by atoms with Gasteiger partial charge in [0.05, 0.1) is 37.1 Å². The molecule has 0 spiro atoms. The second kappa shape index (κ2) is 12.7. The van der Waals surface area contributed by atoms with Crippen LogP contribution in [0.1, 0.15) is 28.9 Å². The molecule has 1 aliphatic heterocycles. The second-order valence-electron chi connectivity index (χ2n) is 9.65. The molecule has 0 bridgehead atoms. The Bertz CT molecular complexity index is 1570. The van der Waals surface area contributed by atoms with Gasteiger partial charge >= 0.3 is 6.18 Å². The number of anilines is 1. The molecule has 1 aliphatic rings. The molecule has 0 saturated carbocycles. The van der Waals surface area contributed by atoms with Crippen LogP contribution in [0.4, 0.5) is 18.9 Å². The number of halogens is 3. The number of thioether (sulfide) groups is 1. The number of rotatable bonds is 9. The minimum Gasteiger partial charge on any atom is -0.497 e. The number of ether oxygens (including phenoxy) is 1. The highest BCUT2D eigenvalue weighted by Gasteiger charge is 2.31. The summed E-state index contributed by atoms with van der Waals surface area (Å²) in [7, 11) is 1.55. The molecule has 2 heterocycles. The molecule has 0 atom stereocenters. The molecule has 0 radical (unpaired) electrons. The zero-order valence-electron chi connectivity index (χ0n) is 22.7. The summed E-state index contributed by atoms with van der Waals surface area (Å²) < 4.78 is 47.2. The first-order valence-electron chi connectivity index (χ1n) is 13.3. The van der Waals surface area contributed by atoms with Crippen molar-refractivity contribution >= 4 is 29.3 Å². The zero-order valence-corrected chi connectivity index (χ0v) is 23.5. The topological polar surface area (TPSA) is 89.3 Å². The third-order valence-electron chi connectivity index (χ3n) is 6.84. The molecule has 2 amide bonds. The van der Waals surface area contributed by atoms with Gasteiger partial charge in [-0.25, -0.2) is 0 Å². The van der Waals surface area contributed by atoms with Crippen molar-refractivity contribution in [2.75, 3.05) is 24.3 Å². The number of carbonyl (C=O) groups is 2. The highest BCUT2D eigenvalue weighted by molar-refractivity contribution is 7.99. The van der Waals surface area contributed by atoms with E-state index in [4.69, 9.17) is 4.74 Å². The van der Waals surface area contributed by atoms with Crippen LogP contribution in [0.5, 0.6) is 5.75 Å². The van der Waals surface area contributed by atoms with Crippen LogP contribution < -0.4 is 15.0 Å². The van der Waals surface area contributed by atoms with Gasteiger partial charge < -0.3 is 15.0 Å². The fourth-order valence-electron chi connectivity index (χ4n) is 4.75. The zero-order chi connectivity index (χ0) is 29.7. The van der Waals surface area contributed by atoms with Crippen molar-refractivity contribution in [3.63, 3.8) is 0 Å². The summed E-state index contributed by atoms with van der Waals surface area (Å²) >= 11 is 1.09. The normalized spacial score (nSPS) is 13.0. The molecule has 3 aromatic carbocycles. The van der Waals surface area contributed by atoms with Crippen molar-refractivity contribution in [3.8, 4) is 11.4 Å². The molecule has 0 unspecified atom stereocenters. The molecule has 5 rings (SSSR count). The predicted molar refractivity (Wildman–Crippen MR) is 153 cm³/mol. The van der Waals surface area contributed by atoms with Gasteiger partial charge in [-0.15, -0.1) is 10.2 Å². The van der Waals surface area contributed by atoms with E-state index in [1.54, 1.807) is 36.3 Å². The van der Waals surface area contributed by atoms with Crippen LogP contribution in [0.15, 0.2) is 78.0 Å². The second-order valence-corrected chi connectivity index (χ2v) is 10.6. The number of hydrogen-bond donors (Lipinski definition) is 1. The highest BCUT2D eigenvalue weighted by atomic mass is 32.2. The smallest absolute Gasteiger partial charge is 0.416 e. The van der Waals surface area contributed by atoms with Crippen LogP contribution in [0.3, 0.4) is 0 Å². The van der Waals surface area contributed by atoms with Gasteiger partial charge in [0.15, 0.2) is 11.0 Å². The number of hydrogen-bond acceptors (Lipinski definition) is 6. The molecule has 4 aromatic rings. The molecule has 1 N–H and O–H groups in total. The number of para-hydroxylation sites is 1. The Labute approximate surface area is 244 Å². The maximum absolute atomic E-state index is 13.5. The van der Waals surface area contributed by atoms with Crippen LogP contribution in [0, 0.1) is 0 Å². The number of benzene rings is 3. The summed E-state index contributed by atoms with van der Waals surface area (Å²) in [5, 5.41) is 11.4. The summed E-state index contributed by atoms with van der Waals surface area (Å²) in [6.07, 6.45) is -2.73. The molecular formula is C30H28F3N5O3S.